The Morgan fingerprint density at radius 2 is 1.92 bits per heavy atom. The summed E-state index contributed by atoms with van der Waals surface area (Å²) in [6, 6.07) is 20.9. The van der Waals surface area contributed by atoms with E-state index in [1.165, 1.54) is 16.5 Å². The predicted octanol–water partition coefficient (Wildman–Crippen LogP) is 5.33. The second-order valence-electron chi connectivity index (χ2n) is 5.98. The van der Waals surface area contributed by atoms with Gasteiger partial charge in [-0.05, 0) is 53.6 Å². The molecule has 1 N–H and O–H groups in total. The SMILES string of the molecule is CNCc1cc(N2C=CSC2)ccc1Oc1ccc2ccccc2c1. The highest BCUT2D eigenvalue weighted by atomic mass is 32.2. The number of hydrogen-bond acceptors (Lipinski definition) is 4. The van der Waals surface area contributed by atoms with Crippen molar-refractivity contribution in [1.29, 1.82) is 0 Å². The quantitative estimate of drug-likeness (QED) is 0.673. The number of thioether (sulfide) groups is 1. The number of fused-ring (bicyclic) bond motifs is 1. The molecule has 0 unspecified atom stereocenters. The van der Waals surface area contributed by atoms with Crippen molar-refractivity contribution in [1.82, 2.24) is 5.32 Å². The zero-order valence-corrected chi connectivity index (χ0v) is 14.9. The molecule has 0 saturated carbocycles. The zero-order chi connectivity index (χ0) is 17.1. The van der Waals surface area contributed by atoms with Gasteiger partial charge in [-0.25, -0.2) is 0 Å². The molecule has 0 saturated heterocycles. The number of anilines is 1. The average molecular weight is 348 g/mol. The summed E-state index contributed by atoms with van der Waals surface area (Å²) in [5.74, 6) is 2.72. The van der Waals surface area contributed by atoms with E-state index >= 15 is 0 Å². The summed E-state index contributed by atoms with van der Waals surface area (Å²) in [5.41, 5.74) is 2.34. The fraction of sp³-hybridized carbons (Fsp3) is 0.143. The topological polar surface area (TPSA) is 24.5 Å². The minimum Gasteiger partial charge on any atom is -0.457 e. The lowest BCUT2D eigenvalue weighted by Gasteiger charge is -2.18. The Balaban J connectivity index is 1.64. The zero-order valence-electron chi connectivity index (χ0n) is 14.1. The first kappa shape index (κ1) is 16.1. The van der Waals surface area contributed by atoms with Crippen LogP contribution in [-0.2, 0) is 6.54 Å². The van der Waals surface area contributed by atoms with Crippen molar-refractivity contribution in [3.8, 4) is 11.5 Å². The molecule has 0 aromatic heterocycles. The van der Waals surface area contributed by atoms with Crippen molar-refractivity contribution in [3.05, 3.63) is 77.8 Å². The molecule has 3 aromatic rings. The first-order valence-electron chi connectivity index (χ1n) is 8.32. The Morgan fingerprint density at radius 1 is 1.04 bits per heavy atom. The van der Waals surface area contributed by atoms with Crippen LogP contribution in [0.1, 0.15) is 5.56 Å². The highest BCUT2D eigenvalue weighted by Gasteiger charge is 2.12. The maximum absolute atomic E-state index is 6.21. The first-order chi connectivity index (χ1) is 12.3. The average Bonchev–Trinajstić information content (AvgIpc) is 3.18. The normalized spacial score (nSPS) is 13.6. The van der Waals surface area contributed by atoms with Crippen molar-refractivity contribution in [3.63, 3.8) is 0 Å². The lowest BCUT2D eigenvalue weighted by molar-refractivity contribution is 0.475. The largest absolute Gasteiger partial charge is 0.457 e. The third kappa shape index (κ3) is 3.50. The number of rotatable bonds is 5. The summed E-state index contributed by atoms with van der Waals surface area (Å²) in [6.07, 6.45) is 2.12. The van der Waals surface area contributed by atoms with Gasteiger partial charge >= 0.3 is 0 Å². The van der Waals surface area contributed by atoms with Crippen LogP contribution < -0.4 is 15.0 Å². The van der Waals surface area contributed by atoms with Crippen LogP contribution in [0.25, 0.3) is 10.8 Å². The summed E-state index contributed by atoms with van der Waals surface area (Å²) >= 11 is 1.80. The van der Waals surface area contributed by atoms with E-state index in [1.807, 2.05) is 13.1 Å². The molecule has 4 rings (SSSR count). The highest BCUT2D eigenvalue weighted by Crippen LogP contribution is 2.32. The molecular formula is C21H20N2OS. The van der Waals surface area contributed by atoms with Gasteiger partial charge in [-0.3, -0.25) is 0 Å². The summed E-state index contributed by atoms with van der Waals surface area (Å²) in [6.45, 7) is 0.765. The van der Waals surface area contributed by atoms with Crippen LogP contribution >= 0.6 is 11.8 Å². The number of nitrogens with zero attached hydrogens (tertiary/aromatic N) is 1. The van der Waals surface area contributed by atoms with Crippen LogP contribution in [0.2, 0.25) is 0 Å². The standard InChI is InChI=1S/C21H20N2OS/c1-22-14-18-12-19(23-10-11-25-15-23)7-9-21(18)24-20-8-6-16-4-2-3-5-17(16)13-20/h2-13,22H,14-15H2,1H3. The Labute approximate surface area is 152 Å². The number of nitrogens with one attached hydrogen (secondary N) is 1. The summed E-state index contributed by atoms with van der Waals surface area (Å²) < 4.78 is 6.21. The molecule has 0 amide bonds. The van der Waals surface area contributed by atoms with Crippen LogP contribution in [0.5, 0.6) is 11.5 Å². The van der Waals surface area contributed by atoms with Gasteiger partial charge in [0.05, 0.1) is 5.88 Å². The molecule has 1 heterocycles. The molecular weight excluding hydrogens is 328 g/mol. The molecule has 1 aliphatic rings. The number of ether oxygens (including phenoxy) is 1. The van der Waals surface area contributed by atoms with Crippen LogP contribution in [0.3, 0.4) is 0 Å². The van der Waals surface area contributed by atoms with Gasteiger partial charge in [0.15, 0.2) is 0 Å². The minimum absolute atomic E-state index is 0.765. The molecule has 4 heteroatoms. The fourth-order valence-electron chi connectivity index (χ4n) is 2.97. The van der Waals surface area contributed by atoms with Crippen LogP contribution in [0, 0.1) is 0 Å². The fourth-order valence-corrected chi connectivity index (χ4v) is 3.69. The lowest BCUT2D eigenvalue weighted by Crippen LogP contribution is -2.12. The van der Waals surface area contributed by atoms with Gasteiger partial charge in [-0.15, -0.1) is 11.8 Å². The molecule has 0 bridgehead atoms. The predicted molar refractivity (Wildman–Crippen MR) is 107 cm³/mol. The maximum atomic E-state index is 6.21. The Hall–Kier alpha value is -2.43. The van der Waals surface area contributed by atoms with Gasteiger partial charge in [0.2, 0.25) is 0 Å². The second kappa shape index (κ2) is 7.21. The molecule has 0 fully saturated rings. The third-order valence-corrected chi connectivity index (χ3v) is 4.98. The van der Waals surface area contributed by atoms with Gasteiger partial charge in [-0.2, -0.15) is 0 Å². The highest BCUT2D eigenvalue weighted by molar-refractivity contribution is 8.02. The van der Waals surface area contributed by atoms with E-state index in [1.54, 1.807) is 11.8 Å². The molecule has 0 spiro atoms. The molecule has 25 heavy (non-hydrogen) atoms. The summed E-state index contributed by atoms with van der Waals surface area (Å²) in [7, 11) is 1.96. The summed E-state index contributed by atoms with van der Waals surface area (Å²) in [5, 5.41) is 7.77. The van der Waals surface area contributed by atoms with E-state index in [4.69, 9.17) is 4.74 Å². The third-order valence-electron chi connectivity index (χ3n) is 4.24. The van der Waals surface area contributed by atoms with Crippen molar-refractivity contribution in [2.45, 2.75) is 6.54 Å². The van der Waals surface area contributed by atoms with Gasteiger partial charge in [0.25, 0.3) is 0 Å². The number of hydrogen-bond donors (Lipinski definition) is 1. The number of benzene rings is 3. The van der Waals surface area contributed by atoms with Crippen molar-refractivity contribution in [2.24, 2.45) is 0 Å². The first-order valence-corrected chi connectivity index (χ1v) is 9.37. The lowest BCUT2D eigenvalue weighted by atomic mass is 10.1. The van der Waals surface area contributed by atoms with Gasteiger partial charge < -0.3 is 15.0 Å². The van der Waals surface area contributed by atoms with Gasteiger partial charge in [0.1, 0.15) is 11.5 Å². The van der Waals surface area contributed by atoms with E-state index < -0.39 is 0 Å². The molecule has 3 aromatic carbocycles. The summed E-state index contributed by atoms with van der Waals surface area (Å²) in [4.78, 5) is 2.24. The Kier molecular flexibility index (Phi) is 4.63. The van der Waals surface area contributed by atoms with Crippen molar-refractivity contribution >= 4 is 28.2 Å². The van der Waals surface area contributed by atoms with E-state index in [0.717, 1.165) is 29.5 Å². The van der Waals surface area contributed by atoms with Crippen molar-refractivity contribution < 1.29 is 4.74 Å². The maximum Gasteiger partial charge on any atom is 0.132 e. The smallest absolute Gasteiger partial charge is 0.132 e. The van der Waals surface area contributed by atoms with E-state index in [9.17, 15) is 0 Å². The molecule has 0 radical (unpaired) electrons. The minimum atomic E-state index is 0.765. The molecule has 1 aliphatic heterocycles. The Morgan fingerprint density at radius 3 is 2.72 bits per heavy atom. The molecule has 0 aliphatic carbocycles. The van der Waals surface area contributed by atoms with Gasteiger partial charge in [0, 0.05) is 24.0 Å². The van der Waals surface area contributed by atoms with Crippen LogP contribution in [0.4, 0.5) is 5.69 Å². The monoisotopic (exact) mass is 348 g/mol. The molecule has 3 nitrogen and oxygen atoms in total. The molecule has 0 atom stereocenters. The van der Waals surface area contributed by atoms with E-state index in [2.05, 4.69) is 76.4 Å². The second-order valence-corrected chi connectivity index (χ2v) is 6.85. The van der Waals surface area contributed by atoms with Crippen LogP contribution in [0.15, 0.2) is 72.3 Å². The van der Waals surface area contributed by atoms with E-state index in [0.29, 0.717) is 0 Å². The van der Waals surface area contributed by atoms with Crippen molar-refractivity contribution in [2.75, 3.05) is 17.8 Å². The van der Waals surface area contributed by atoms with Crippen LogP contribution in [-0.4, -0.2) is 12.9 Å². The van der Waals surface area contributed by atoms with Gasteiger partial charge in [-0.1, -0.05) is 30.3 Å². The van der Waals surface area contributed by atoms with E-state index in [-0.39, 0.29) is 0 Å². The molecule has 126 valence electrons. The Bertz CT molecular complexity index is 923.